The van der Waals surface area contributed by atoms with E-state index in [9.17, 15) is 0 Å². The van der Waals surface area contributed by atoms with E-state index in [0.29, 0.717) is 0 Å². The highest BCUT2D eigenvalue weighted by Gasteiger charge is 2.23. The molecule has 2 nitrogen and oxygen atoms in total. The highest BCUT2D eigenvalue weighted by atomic mass is 15.1. The normalized spacial score (nSPS) is 11.3. The average Bonchev–Trinajstić information content (AvgIpc) is 3.66. The van der Waals surface area contributed by atoms with Crippen molar-refractivity contribution in [2.75, 3.05) is 4.90 Å². The van der Waals surface area contributed by atoms with Gasteiger partial charge in [0.25, 0.3) is 0 Å². The second kappa shape index (κ2) is 15.1. The van der Waals surface area contributed by atoms with Crippen molar-refractivity contribution in [3.05, 3.63) is 243 Å². The van der Waals surface area contributed by atoms with E-state index in [1.54, 1.807) is 0 Å². The van der Waals surface area contributed by atoms with Crippen LogP contribution in [0.15, 0.2) is 243 Å². The van der Waals surface area contributed by atoms with Crippen LogP contribution in [0.3, 0.4) is 0 Å². The predicted octanol–water partition coefficient (Wildman–Crippen LogP) is 16.1. The van der Waals surface area contributed by atoms with Gasteiger partial charge in [-0.25, -0.2) is 0 Å². The van der Waals surface area contributed by atoms with Crippen LogP contribution < -0.4 is 4.90 Å². The molecule has 0 saturated heterocycles. The Bertz CT molecular complexity index is 3290. The van der Waals surface area contributed by atoms with Crippen LogP contribution in [-0.2, 0) is 0 Å². The van der Waals surface area contributed by atoms with Crippen molar-refractivity contribution >= 4 is 49.6 Å². The van der Waals surface area contributed by atoms with Crippen molar-refractivity contribution in [1.29, 1.82) is 0 Å². The van der Waals surface area contributed by atoms with Gasteiger partial charge in [0, 0.05) is 38.7 Å². The van der Waals surface area contributed by atoms with Gasteiger partial charge in [0.05, 0.1) is 22.4 Å². The molecule has 60 heavy (non-hydrogen) atoms. The lowest BCUT2D eigenvalue weighted by Crippen LogP contribution is -2.12. The van der Waals surface area contributed by atoms with Gasteiger partial charge in [0.2, 0.25) is 0 Å². The third-order valence-electron chi connectivity index (χ3n) is 11.8. The minimum atomic E-state index is 1.08. The standard InChI is InChI=1S/C58H40N2/c1-4-17-41(18-5-1)43-31-34-48(35-32-43)59(58-51-27-11-10-23-45(51)33-37-52(58)44-21-8-3-9-22-44)49-36-38-54-53-28-13-15-30-56(53)60(57(54)40-49)55-29-14-12-26-50(55)47-25-16-24-46(39-47)42-19-6-2-7-20-42/h1-40H. The van der Waals surface area contributed by atoms with E-state index in [1.807, 2.05) is 0 Å². The molecular formula is C58H40N2. The first kappa shape index (κ1) is 35.2. The molecule has 0 fully saturated rings. The Morgan fingerprint density at radius 1 is 0.283 bits per heavy atom. The van der Waals surface area contributed by atoms with E-state index in [4.69, 9.17) is 0 Å². The quantitative estimate of drug-likeness (QED) is 0.150. The summed E-state index contributed by atoms with van der Waals surface area (Å²) in [6.45, 7) is 0. The smallest absolute Gasteiger partial charge is 0.0618 e. The van der Waals surface area contributed by atoms with Gasteiger partial charge in [-0.1, -0.05) is 200 Å². The molecule has 11 rings (SSSR count). The molecule has 1 aromatic heterocycles. The molecule has 0 aliphatic rings. The molecule has 0 atom stereocenters. The van der Waals surface area contributed by atoms with Gasteiger partial charge in [-0.05, 0) is 81.2 Å². The summed E-state index contributed by atoms with van der Waals surface area (Å²) in [7, 11) is 0. The Morgan fingerprint density at radius 2 is 0.833 bits per heavy atom. The second-order valence-electron chi connectivity index (χ2n) is 15.3. The summed E-state index contributed by atoms with van der Waals surface area (Å²) in [6, 6.07) is 88.0. The number of benzene rings is 10. The molecule has 0 radical (unpaired) electrons. The molecule has 282 valence electrons. The number of hydrogen-bond donors (Lipinski definition) is 0. The number of nitrogens with zero attached hydrogens (tertiary/aromatic N) is 2. The van der Waals surface area contributed by atoms with Crippen molar-refractivity contribution in [2.24, 2.45) is 0 Å². The lowest BCUT2D eigenvalue weighted by molar-refractivity contribution is 1.18. The summed E-state index contributed by atoms with van der Waals surface area (Å²) in [5.41, 5.74) is 16.3. The van der Waals surface area contributed by atoms with E-state index >= 15 is 0 Å². The van der Waals surface area contributed by atoms with Gasteiger partial charge in [-0.3, -0.25) is 0 Å². The number of anilines is 3. The number of rotatable bonds is 8. The van der Waals surface area contributed by atoms with Crippen molar-refractivity contribution < 1.29 is 0 Å². The van der Waals surface area contributed by atoms with Crippen LogP contribution in [0.1, 0.15) is 0 Å². The fourth-order valence-electron chi connectivity index (χ4n) is 8.95. The van der Waals surface area contributed by atoms with Gasteiger partial charge >= 0.3 is 0 Å². The van der Waals surface area contributed by atoms with Crippen LogP contribution in [0.2, 0.25) is 0 Å². The average molecular weight is 765 g/mol. The fraction of sp³-hybridized carbons (Fsp3) is 0. The highest BCUT2D eigenvalue weighted by Crippen LogP contribution is 2.47. The van der Waals surface area contributed by atoms with Gasteiger partial charge in [-0.15, -0.1) is 0 Å². The molecule has 0 bridgehead atoms. The predicted molar refractivity (Wildman–Crippen MR) is 255 cm³/mol. The van der Waals surface area contributed by atoms with Crippen molar-refractivity contribution in [3.8, 4) is 50.2 Å². The SMILES string of the molecule is c1ccc(-c2ccc(N(c3ccc4c5ccccc5n(-c5ccccc5-c5cccc(-c6ccccc6)c5)c4c3)c3c(-c4ccccc4)ccc4ccccc34)cc2)cc1. The lowest BCUT2D eigenvalue weighted by atomic mass is 9.96. The summed E-state index contributed by atoms with van der Waals surface area (Å²) in [5.74, 6) is 0. The molecule has 0 saturated carbocycles. The van der Waals surface area contributed by atoms with Crippen LogP contribution in [0.4, 0.5) is 17.1 Å². The highest BCUT2D eigenvalue weighted by molar-refractivity contribution is 6.12. The molecule has 11 aromatic rings. The first-order valence-electron chi connectivity index (χ1n) is 20.6. The zero-order valence-corrected chi connectivity index (χ0v) is 33.0. The summed E-state index contributed by atoms with van der Waals surface area (Å²) < 4.78 is 2.47. The number of fused-ring (bicyclic) bond motifs is 4. The second-order valence-corrected chi connectivity index (χ2v) is 15.3. The van der Waals surface area contributed by atoms with E-state index < -0.39 is 0 Å². The van der Waals surface area contributed by atoms with Crippen molar-refractivity contribution in [2.45, 2.75) is 0 Å². The topological polar surface area (TPSA) is 8.17 Å². The third kappa shape index (κ3) is 6.23. The van der Waals surface area contributed by atoms with E-state index in [0.717, 1.165) is 28.3 Å². The lowest BCUT2D eigenvalue weighted by Gasteiger charge is -2.30. The monoisotopic (exact) mass is 764 g/mol. The molecule has 0 unspecified atom stereocenters. The maximum Gasteiger partial charge on any atom is 0.0618 e. The first-order valence-corrected chi connectivity index (χ1v) is 20.6. The van der Waals surface area contributed by atoms with Gasteiger partial charge in [-0.2, -0.15) is 0 Å². The maximum atomic E-state index is 2.47. The van der Waals surface area contributed by atoms with E-state index in [2.05, 4.69) is 252 Å². The molecule has 0 aliphatic carbocycles. The molecule has 0 spiro atoms. The number of aromatic nitrogens is 1. The largest absolute Gasteiger partial charge is 0.309 e. The molecule has 0 N–H and O–H groups in total. The molecule has 0 amide bonds. The summed E-state index contributed by atoms with van der Waals surface area (Å²) in [6.07, 6.45) is 0. The van der Waals surface area contributed by atoms with E-state index in [-0.39, 0.29) is 0 Å². The Hall–Kier alpha value is -7.94. The third-order valence-corrected chi connectivity index (χ3v) is 11.8. The van der Waals surface area contributed by atoms with E-state index in [1.165, 1.54) is 71.6 Å². The van der Waals surface area contributed by atoms with Crippen molar-refractivity contribution in [3.63, 3.8) is 0 Å². The zero-order chi connectivity index (χ0) is 39.8. The zero-order valence-electron chi connectivity index (χ0n) is 33.0. The van der Waals surface area contributed by atoms with Crippen LogP contribution in [0.5, 0.6) is 0 Å². The maximum absolute atomic E-state index is 2.47. The van der Waals surface area contributed by atoms with Crippen LogP contribution in [-0.4, -0.2) is 4.57 Å². The Balaban J connectivity index is 1.17. The minimum absolute atomic E-state index is 1.08. The molecule has 10 aromatic carbocycles. The Labute approximate surface area is 350 Å². The Kier molecular flexibility index (Phi) is 8.87. The summed E-state index contributed by atoms with van der Waals surface area (Å²) >= 11 is 0. The van der Waals surface area contributed by atoms with Gasteiger partial charge < -0.3 is 9.47 Å². The number of para-hydroxylation sites is 2. The molecule has 1 heterocycles. The molecule has 2 heteroatoms. The molecule has 0 aliphatic heterocycles. The Morgan fingerprint density at radius 3 is 1.60 bits per heavy atom. The van der Waals surface area contributed by atoms with Gasteiger partial charge in [0.1, 0.15) is 0 Å². The van der Waals surface area contributed by atoms with Crippen LogP contribution >= 0.6 is 0 Å². The fourth-order valence-corrected chi connectivity index (χ4v) is 8.95. The molecular weight excluding hydrogens is 725 g/mol. The summed E-state index contributed by atoms with van der Waals surface area (Å²) in [4.78, 5) is 2.47. The summed E-state index contributed by atoms with van der Waals surface area (Å²) in [5, 5.41) is 4.82. The first-order chi connectivity index (χ1) is 29.8. The van der Waals surface area contributed by atoms with Crippen LogP contribution in [0, 0.1) is 0 Å². The number of hydrogen-bond acceptors (Lipinski definition) is 1. The van der Waals surface area contributed by atoms with Gasteiger partial charge in [0.15, 0.2) is 0 Å². The minimum Gasteiger partial charge on any atom is -0.309 e. The van der Waals surface area contributed by atoms with Crippen molar-refractivity contribution in [1.82, 2.24) is 4.57 Å². The van der Waals surface area contributed by atoms with Crippen LogP contribution in [0.25, 0.3) is 82.8 Å².